The molecule has 2 aromatic carbocycles. The van der Waals surface area contributed by atoms with Gasteiger partial charge in [0, 0.05) is 25.8 Å². The zero-order chi connectivity index (χ0) is 15.2. The zero-order valence-electron chi connectivity index (χ0n) is 12.9. The van der Waals surface area contributed by atoms with Crippen molar-refractivity contribution in [3.05, 3.63) is 65.2 Å². The van der Waals surface area contributed by atoms with Crippen LogP contribution < -0.4 is 5.32 Å². The van der Waals surface area contributed by atoms with Crippen LogP contribution in [0.15, 0.2) is 48.5 Å². The molecule has 3 nitrogen and oxygen atoms in total. The van der Waals surface area contributed by atoms with Gasteiger partial charge in [-0.05, 0) is 31.5 Å². The first-order valence-electron chi connectivity index (χ1n) is 7.25. The second-order valence-corrected chi connectivity index (χ2v) is 5.23. The van der Waals surface area contributed by atoms with Crippen LogP contribution in [0.4, 0.5) is 5.69 Å². The third-order valence-electron chi connectivity index (χ3n) is 3.37. The number of rotatable bonds is 5. The fourth-order valence-electron chi connectivity index (χ4n) is 2.38. The van der Waals surface area contributed by atoms with Gasteiger partial charge in [-0.3, -0.25) is 4.79 Å². The average Bonchev–Trinajstić information content (AvgIpc) is 2.47. The molecule has 0 aliphatic heterocycles. The summed E-state index contributed by atoms with van der Waals surface area (Å²) in [7, 11) is 1.84. The van der Waals surface area contributed by atoms with Gasteiger partial charge in [-0.1, -0.05) is 42.0 Å². The van der Waals surface area contributed by atoms with Gasteiger partial charge in [0.1, 0.15) is 0 Å². The van der Waals surface area contributed by atoms with Crippen molar-refractivity contribution in [1.82, 2.24) is 4.90 Å². The van der Waals surface area contributed by atoms with E-state index in [9.17, 15) is 4.79 Å². The van der Waals surface area contributed by atoms with Crippen LogP contribution in [0.5, 0.6) is 0 Å². The molecule has 0 atom stereocenters. The molecule has 0 fully saturated rings. The van der Waals surface area contributed by atoms with Gasteiger partial charge in [-0.25, -0.2) is 0 Å². The molecule has 110 valence electrons. The summed E-state index contributed by atoms with van der Waals surface area (Å²) in [6, 6.07) is 15.9. The van der Waals surface area contributed by atoms with Gasteiger partial charge in [0.05, 0.1) is 5.56 Å². The lowest BCUT2D eigenvalue weighted by Gasteiger charge is -2.19. The van der Waals surface area contributed by atoms with E-state index >= 15 is 0 Å². The van der Waals surface area contributed by atoms with E-state index < -0.39 is 0 Å². The van der Waals surface area contributed by atoms with E-state index in [1.165, 1.54) is 5.56 Å². The van der Waals surface area contributed by atoms with Crippen LogP contribution in [0, 0.1) is 6.92 Å². The molecule has 0 unspecified atom stereocenters. The average molecular weight is 282 g/mol. The first kappa shape index (κ1) is 15.1. The summed E-state index contributed by atoms with van der Waals surface area (Å²) in [6.45, 7) is 5.50. The molecule has 0 aliphatic carbocycles. The van der Waals surface area contributed by atoms with E-state index in [0.29, 0.717) is 6.54 Å². The van der Waals surface area contributed by atoms with Crippen molar-refractivity contribution in [2.24, 2.45) is 0 Å². The van der Waals surface area contributed by atoms with E-state index in [1.54, 1.807) is 4.90 Å². The Balaban J connectivity index is 2.16. The second-order valence-electron chi connectivity index (χ2n) is 5.23. The minimum absolute atomic E-state index is 0.0352. The van der Waals surface area contributed by atoms with Crippen LogP contribution in [0.2, 0.25) is 0 Å². The lowest BCUT2D eigenvalue weighted by Crippen LogP contribution is -2.27. The maximum absolute atomic E-state index is 12.6. The van der Waals surface area contributed by atoms with E-state index in [2.05, 4.69) is 24.4 Å². The first-order valence-corrected chi connectivity index (χ1v) is 7.25. The lowest BCUT2D eigenvalue weighted by molar-refractivity contribution is 0.0786. The van der Waals surface area contributed by atoms with Gasteiger partial charge in [-0.15, -0.1) is 0 Å². The van der Waals surface area contributed by atoms with Crippen molar-refractivity contribution in [1.29, 1.82) is 0 Å². The maximum Gasteiger partial charge on any atom is 0.255 e. The number of amides is 1. The number of hydrogen-bond acceptors (Lipinski definition) is 2. The molecule has 0 spiro atoms. The predicted octanol–water partition coefficient (Wildman–Crippen LogP) is 3.70. The van der Waals surface area contributed by atoms with Crippen LogP contribution >= 0.6 is 0 Å². The number of anilines is 1. The highest BCUT2D eigenvalue weighted by Gasteiger charge is 2.15. The largest absolute Gasteiger partial charge is 0.385 e. The third-order valence-corrected chi connectivity index (χ3v) is 3.37. The predicted molar refractivity (Wildman–Crippen MR) is 87.6 cm³/mol. The Labute approximate surface area is 126 Å². The van der Waals surface area contributed by atoms with Crippen molar-refractivity contribution in [3.63, 3.8) is 0 Å². The number of aryl methyl sites for hydroxylation is 1. The smallest absolute Gasteiger partial charge is 0.255 e. The molecule has 3 heteroatoms. The number of carbonyl (C=O) groups is 1. The number of carbonyl (C=O) groups excluding carboxylic acids is 1. The molecular weight excluding hydrogens is 260 g/mol. The number of hydrogen-bond donors (Lipinski definition) is 1. The highest BCUT2D eigenvalue weighted by molar-refractivity contribution is 5.99. The van der Waals surface area contributed by atoms with Gasteiger partial charge in [0.15, 0.2) is 0 Å². The Morgan fingerprint density at radius 1 is 1.14 bits per heavy atom. The molecule has 0 heterocycles. The van der Waals surface area contributed by atoms with Gasteiger partial charge < -0.3 is 10.2 Å². The topological polar surface area (TPSA) is 32.3 Å². The highest BCUT2D eigenvalue weighted by Crippen LogP contribution is 2.18. The summed E-state index contributed by atoms with van der Waals surface area (Å²) in [6.07, 6.45) is 0. The van der Waals surface area contributed by atoms with Crippen molar-refractivity contribution < 1.29 is 4.79 Å². The minimum atomic E-state index is 0.0352. The summed E-state index contributed by atoms with van der Waals surface area (Å²) in [5.41, 5.74) is 3.96. The molecule has 0 aliphatic rings. The van der Waals surface area contributed by atoms with Gasteiger partial charge in [0.2, 0.25) is 0 Å². The number of nitrogens with one attached hydrogen (secondary N) is 1. The Morgan fingerprint density at radius 2 is 1.90 bits per heavy atom. The second kappa shape index (κ2) is 6.93. The van der Waals surface area contributed by atoms with Gasteiger partial charge in [0.25, 0.3) is 5.91 Å². The van der Waals surface area contributed by atoms with Crippen LogP contribution in [0.1, 0.15) is 28.4 Å². The number of para-hydroxylation sites is 1. The quantitative estimate of drug-likeness (QED) is 0.907. The lowest BCUT2D eigenvalue weighted by atomic mass is 10.1. The Bertz CT molecular complexity index is 622. The third kappa shape index (κ3) is 3.85. The summed E-state index contributed by atoms with van der Waals surface area (Å²) in [5, 5.41) is 3.24. The molecule has 0 radical (unpaired) electrons. The van der Waals surface area contributed by atoms with E-state index in [0.717, 1.165) is 23.4 Å². The molecule has 0 saturated carbocycles. The molecule has 21 heavy (non-hydrogen) atoms. The van der Waals surface area contributed by atoms with Gasteiger partial charge in [-0.2, -0.15) is 0 Å². The van der Waals surface area contributed by atoms with Crippen LogP contribution in [-0.2, 0) is 6.54 Å². The van der Waals surface area contributed by atoms with Crippen molar-refractivity contribution in [3.8, 4) is 0 Å². The van der Waals surface area contributed by atoms with E-state index in [1.807, 2.05) is 50.4 Å². The fraction of sp³-hybridized carbons (Fsp3) is 0.278. The zero-order valence-corrected chi connectivity index (χ0v) is 12.9. The number of benzene rings is 2. The molecule has 0 aromatic heterocycles. The summed E-state index contributed by atoms with van der Waals surface area (Å²) < 4.78 is 0. The van der Waals surface area contributed by atoms with Crippen molar-refractivity contribution in [2.45, 2.75) is 20.4 Å². The Kier molecular flexibility index (Phi) is 4.99. The fourth-order valence-corrected chi connectivity index (χ4v) is 2.38. The molecular formula is C18H22N2O. The van der Waals surface area contributed by atoms with Crippen molar-refractivity contribution in [2.75, 3.05) is 18.9 Å². The van der Waals surface area contributed by atoms with E-state index in [-0.39, 0.29) is 5.91 Å². The molecule has 0 bridgehead atoms. The maximum atomic E-state index is 12.6. The SMILES string of the molecule is CCNc1ccccc1C(=O)N(C)Cc1cccc(C)c1. The first-order chi connectivity index (χ1) is 10.1. The van der Waals surface area contributed by atoms with Crippen molar-refractivity contribution >= 4 is 11.6 Å². The number of nitrogens with zero attached hydrogens (tertiary/aromatic N) is 1. The molecule has 1 N–H and O–H groups in total. The highest BCUT2D eigenvalue weighted by atomic mass is 16.2. The monoisotopic (exact) mass is 282 g/mol. The van der Waals surface area contributed by atoms with Crippen LogP contribution in [0.25, 0.3) is 0 Å². The molecule has 0 saturated heterocycles. The summed E-state index contributed by atoms with van der Waals surface area (Å²) >= 11 is 0. The van der Waals surface area contributed by atoms with Crippen LogP contribution in [-0.4, -0.2) is 24.4 Å². The summed E-state index contributed by atoms with van der Waals surface area (Å²) in [4.78, 5) is 14.4. The summed E-state index contributed by atoms with van der Waals surface area (Å²) in [5.74, 6) is 0.0352. The minimum Gasteiger partial charge on any atom is -0.385 e. The molecule has 1 amide bonds. The molecule has 2 rings (SSSR count). The normalized spacial score (nSPS) is 10.2. The Morgan fingerprint density at radius 3 is 2.62 bits per heavy atom. The van der Waals surface area contributed by atoms with Crippen LogP contribution in [0.3, 0.4) is 0 Å². The Hall–Kier alpha value is -2.29. The molecule has 2 aromatic rings. The van der Waals surface area contributed by atoms with Gasteiger partial charge >= 0.3 is 0 Å². The van der Waals surface area contributed by atoms with E-state index in [4.69, 9.17) is 0 Å². The standard InChI is InChI=1S/C18H22N2O/c1-4-19-17-11-6-5-10-16(17)18(21)20(3)13-15-9-7-8-14(2)12-15/h5-12,19H,4,13H2,1-3H3.